The number of carbonyl (C=O) groups excluding carboxylic acids is 1. The van der Waals surface area contributed by atoms with Gasteiger partial charge < -0.3 is 5.32 Å². The predicted molar refractivity (Wildman–Crippen MR) is 109 cm³/mol. The lowest BCUT2D eigenvalue weighted by atomic mass is 10.2. The number of aromatic nitrogens is 4. The molecule has 0 radical (unpaired) electrons. The fraction of sp³-hybridized carbons (Fsp3) is 0.235. The van der Waals surface area contributed by atoms with E-state index >= 15 is 0 Å². The Morgan fingerprint density at radius 1 is 1.29 bits per heavy atom. The second-order valence-corrected chi connectivity index (χ2v) is 7.96. The minimum absolute atomic E-state index is 0.195. The minimum Gasteiger partial charge on any atom is -0.307 e. The number of rotatable bonds is 6. The molecule has 1 aromatic carbocycles. The first kappa shape index (κ1) is 20.9. The highest BCUT2D eigenvalue weighted by molar-refractivity contribution is 9.11. The SMILES string of the molecule is Cc1c(Br)c(C(F)F)nn1CC(=O)Nc1nn(Cc2ccccc2Cl)cc1Br. The van der Waals surface area contributed by atoms with E-state index < -0.39 is 18.0 Å². The summed E-state index contributed by atoms with van der Waals surface area (Å²) >= 11 is 12.6. The molecule has 0 aliphatic rings. The van der Waals surface area contributed by atoms with Gasteiger partial charge in [0.25, 0.3) is 6.43 Å². The number of carbonyl (C=O) groups is 1. The number of amides is 1. The van der Waals surface area contributed by atoms with E-state index in [2.05, 4.69) is 47.4 Å². The van der Waals surface area contributed by atoms with Gasteiger partial charge in [-0.05, 0) is 50.4 Å². The van der Waals surface area contributed by atoms with Gasteiger partial charge in [0.05, 0.1) is 21.2 Å². The molecular weight excluding hydrogens is 523 g/mol. The molecular formula is C17H14Br2ClF2N5O. The molecule has 0 fully saturated rings. The zero-order valence-electron chi connectivity index (χ0n) is 14.5. The molecule has 1 amide bonds. The van der Waals surface area contributed by atoms with Crippen LogP contribution in [0.15, 0.2) is 39.4 Å². The summed E-state index contributed by atoms with van der Waals surface area (Å²) in [7, 11) is 0. The van der Waals surface area contributed by atoms with E-state index in [0.29, 0.717) is 27.6 Å². The summed E-state index contributed by atoms with van der Waals surface area (Å²) in [4.78, 5) is 12.3. The van der Waals surface area contributed by atoms with Crippen LogP contribution in [-0.2, 0) is 17.9 Å². The normalized spacial score (nSPS) is 11.2. The summed E-state index contributed by atoms with van der Waals surface area (Å²) < 4.78 is 29.5. The number of nitrogens with zero attached hydrogens (tertiary/aromatic N) is 4. The highest BCUT2D eigenvalue weighted by Crippen LogP contribution is 2.29. The van der Waals surface area contributed by atoms with E-state index in [9.17, 15) is 13.6 Å². The molecule has 2 heterocycles. The van der Waals surface area contributed by atoms with Gasteiger partial charge in [-0.15, -0.1) is 0 Å². The first-order chi connectivity index (χ1) is 13.3. The number of nitrogens with one attached hydrogen (secondary N) is 1. The van der Waals surface area contributed by atoms with Crippen molar-refractivity contribution in [1.82, 2.24) is 19.6 Å². The van der Waals surface area contributed by atoms with E-state index in [1.807, 2.05) is 18.2 Å². The number of benzene rings is 1. The molecule has 0 saturated heterocycles. The molecule has 0 aliphatic heterocycles. The summed E-state index contributed by atoms with van der Waals surface area (Å²) in [5, 5.41) is 11.4. The van der Waals surface area contributed by atoms with Crippen LogP contribution in [0.3, 0.4) is 0 Å². The molecule has 3 rings (SSSR count). The molecule has 148 valence electrons. The summed E-state index contributed by atoms with van der Waals surface area (Å²) in [5.41, 5.74) is 0.929. The van der Waals surface area contributed by atoms with Crippen LogP contribution < -0.4 is 5.32 Å². The third-order valence-corrected chi connectivity index (χ3v) is 5.85. The standard InChI is InChI=1S/C17H14Br2ClF2N5O/c1-9-14(19)15(16(21)22)24-27(9)8-13(28)23-17-11(18)7-26(25-17)6-10-4-2-3-5-12(10)20/h2-5,7,16H,6,8H2,1H3,(H,23,25,28). The van der Waals surface area contributed by atoms with Crippen molar-refractivity contribution in [1.29, 1.82) is 0 Å². The molecule has 0 atom stereocenters. The van der Waals surface area contributed by atoms with Crippen molar-refractivity contribution in [2.75, 3.05) is 5.32 Å². The van der Waals surface area contributed by atoms with E-state index in [1.165, 1.54) is 4.68 Å². The quantitative estimate of drug-likeness (QED) is 0.471. The molecule has 6 nitrogen and oxygen atoms in total. The van der Waals surface area contributed by atoms with Crippen molar-refractivity contribution < 1.29 is 13.6 Å². The Bertz CT molecular complexity index is 1020. The zero-order valence-corrected chi connectivity index (χ0v) is 18.4. The lowest BCUT2D eigenvalue weighted by Gasteiger charge is -2.06. The monoisotopic (exact) mass is 535 g/mol. The maximum absolute atomic E-state index is 12.9. The van der Waals surface area contributed by atoms with Crippen LogP contribution in [0.25, 0.3) is 0 Å². The predicted octanol–water partition coefficient (Wildman–Crippen LogP) is 5.19. The molecule has 0 saturated carbocycles. The maximum atomic E-state index is 12.9. The van der Waals surface area contributed by atoms with Crippen molar-refractivity contribution in [2.24, 2.45) is 0 Å². The highest BCUT2D eigenvalue weighted by atomic mass is 79.9. The Morgan fingerprint density at radius 2 is 2.00 bits per heavy atom. The maximum Gasteiger partial charge on any atom is 0.283 e. The van der Waals surface area contributed by atoms with Crippen LogP contribution >= 0.6 is 43.5 Å². The van der Waals surface area contributed by atoms with Gasteiger partial charge in [-0.3, -0.25) is 14.2 Å². The van der Waals surface area contributed by atoms with E-state index in [-0.39, 0.29) is 11.0 Å². The van der Waals surface area contributed by atoms with Crippen LogP contribution in [0.2, 0.25) is 5.02 Å². The molecule has 28 heavy (non-hydrogen) atoms. The molecule has 0 aliphatic carbocycles. The van der Waals surface area contributed by atoms with Crippen molar-refractivity contribution >= 4 is 55.2 Å². The molecule has 11 heteroatoms. The third-order valence-electron chi connectivity index (χ3n) is 3.92. The summed E-state index contributed by atoms with van der Waals surface area (Å²) in [6, 6.07) is 7.39. The van der Waals surface area contributed by atoms with E-state index in [0.717, 1.165) is 5.56 Å². The Hall–Kier alpha value is -1.78. The number of alkyl halides is 2. The zero-order chi connectivity index (χ0) is 20.4. The van der Waals surface area contributed by atoms with Crippen LogP contribution in [-0.4, -0.2) is 25.5 Å². The van der Waals surface area contributed by atoms with Gasteiger partial charge in [-0.2, -0.15) is 10.2 Å². The fourth-order valence-electron chi connectivity index (χ4n) is 2.51. The largest absolute Gasteiger partial charge is 0.307 e. The summed E-state index contributed by atoms with van der Waals surface area (Å²) in [5.74, 6) is -0.127. The number of halogens is 5. The van der Waals surface area contributed by atoms with Crippen molar-refractivity contribution in [2.45, 2.75) is 26.4 Å². The Balaban J connectivity index is 1.71. The second kappa shape index (κ2) is 8.71. The van der Waals surface area contributed by atoms with Crippen LogP contribution in [0.4, 0.5) is 14.6 Å². The van der Waals surface area contributed by atoms with Gasteiger partial charge in [-0.1, -0.05) is 29.8 Å². The number of anilines is 1. The van der Waals surface area contributed by atoms with Crippen molar-refractivity contribution in [3.8, 4) is 0 Å². The van der Waals surface area contributed by atoms with Gasteiger partial charge in [0, 0.05) is 11.2 Å². The second-order valence-electron chi connectivity index (χ2n) is 5.91. The third kappa shape index (κ3) is 4.61. The molecule has 2 aromatic heterocycles. The van der Waals surface area contributed by atoms with Crippen molar-refractivity contribution in [3.05, 3.63) is 61.4 Å². The topological polar surface area (TPSA) is 64.7 Å². The van der Waals surface area contributed by atoms with E-state index in [4.69, 9.17) is 11.6 Å². The van der Waals surface area contributed by atoms with Crippen LogP contribution in [0.5, 0.6) is 0 Å². The number of hydrogen-bond donors (Lipinski definition) is 1. The van der Waals surface area contributed by atoms with Gasteiger partial charge in [0.15, 0.2) is 5.82 Å². The van der Waals surface area contributed by atoms with Gasteiger partial charge in [0.2, 0.25) is 5.91 Å². The average molecular weight is 538 g/mol. The first-order valence-corrected chi connectivity index (χ1v) is 9.99. The lowest BCUT2D eigenvalue weighted by Crippen LogP contribution is -2.21. The smallest absolute Gasteiger partial charge is 0.283 e. The molecule has 1 N–H and O–H groups in total. The van der Waals surface area contributed by atoms with Crippen molar-refractivity contribution in [3.63, 3.8) is 0 Å². The Morgan fingerprint density at radius 3 is 2.64 bits per heavy atom. The lowest BCUT2D eigenvalue weighted by molar-refractivity contribution is -0.117. The number of hydrogen-bond acceptors (Lipinski definition) is 3. The van der Waals surface area contributed by atoms with E-state index in [1.54, 1.807) is 23.9 Å². The molecule has 0 spiro atoms. The summed E-state index contributed by atoms with van der Waals surface area (Å²) in [6.45, 7) is 1.81. The Kier molecular flexibility index (Phi) is 6.51. The van der Waals surface area contributed by atoms with Crippen LogP contribution in [0, 0.1) is 6.92 Å². The fourth-order valence-corrected chi connectivity index (χ4v) is 3.58. The van der Waals surface area contributed by atoms with Gasteiger partial charge >= 0.3 is 0 Å². The summed E-state index contributed by atoms with van der Waals surface area (Å²) in [6.07, 6.45) is -1.02. The van der Waals surface area contributed by atoms with Gasteiger partial charge in [0.1, 0.15) is 12.2 Å². The van der Waals surface area contributed by atoms with Crippen LogP contribution in [0.1, 0.15) is 23.4 Å². The molecule has 0 unspecified atom stereocenters. The Labute approximate surface area is 181 Å². The highest BCUT2D eigenvalue weighted by Gasteiger charge is 2.21. The minimum atomic E-state index is -2.73. The van der Waals surface area contributed by atoms with Gasteiger partial charge in [-0.25, -0.2) is 8.78 Å². The molecule has 3 aromatic rings. The first-order valence-electron chi connectivity index (χ1n) is 8.03. The average Bonchev–Trinajstić information content (AvgIpc) is 3.11. The molecule has 0 bridgehead atoms.